The largest absolute Gasteiger partial charge is 0.489 e. The monoisotopic (exact) mass is 516 g/mol. The Bertz CT molecular complexity index is 1650. The van der Waals surface area contributed by atoms with Crippen LogP contribution in [0.5, 0.6) is 5.75 Å². The Kier molecular flexibility index (Phi) is 6.85. The molecule has 178 valence electrons. The lowest BCUT2D eigenvalue weighted by molar-refractivity contribution is 0.306. The first-order valence-electron chi connectivity index (χ1n) is 11.1. The van der Waals surface area contributed by atoms with Crippen LogP contribution in [0.4, 0.5) is 4.39 Å². The van der Waals surface area contributed by atoms with Gasteiger partial charge in [-0.1, -0.05) is 71.7 Å². The van der Waals surface area contributed by atoms with Crippen LogP contribution in [0.3, 0.4) is 0 Å². The predicted molar refractivity (Wildman–Crippen MR) is 143 cm³/mol. The Morgan fingerprint density at radius 2 is 1.61 bits per heavy atom. The van der Waals surface area contributed by atoms with Crippen molar-refractivity contribution >= 4 is 46.3 Å². The van der Waals surface area contributed by atoms with Crippen LogP contribution in [-0.4, -0.2) is 9.55 Å². The highest BCUT2D eigenvalue weighted by atomic mass is 35.5. The van der Waals surface area contributed by atoms with Gasteiger partial charge in [0.2, 0.25) is 0 Å². The summed E-state index contributed by atoms with van der Waals surface area (Å²) in [6.07, 6.45) is 3.52. The molecule has 0 saturated heterocycles. The molecule has 0 N–H and O–H groups in total. The van der Waals surface area contributed by atoms with E-state index in [2.05, 4.69) is 4.98 Å². The zero-order valence-electron chi connectivity index (χ0n) is 18.9. The fourth-order valence-electron chi connectivity index (χ4n) is 3.77. The number of aromatic nitrogens is 2. The first-order chi connectivity index (χ1) is 17.5. The van der Waals surface area contributed by atoms with Gasteiger partial charge in [0.25, 0.3) is 5.56 Å². The van der Waals surface area contributed by atoms with Crippen molar-refractivity contribution in [2.24, 2.45) is 0 Å². The summed E-state index contributed by atoms with van der Waals surface area (Å²) in [4.78, 5) is 17.9. The first kappa shape index (κ1) is 23.8. The van der Waals surface area contributed by atoms with Crippen molar-refractivity contribution in [3.05, 3.63) is 134 Å². The minimum atomic E-state index is -0.505. The summed E-state index contributed by atoms with van der Waals surface area (Å²) in [5.74, 6) is 0.504. The Morgan fingerprint density at radius 3 is 2.39 bits per heavy atom. The van der Waals surface area contributed by atoms with Crippen molar-refractivity contribution in [3.8, 4) is 11.4 Å². The molecule has 0 saturated carbocycles. The molecule has 7 heteroatoms. The lowest BCUT2D eigenvalue weighted by Crippen LogP contribution is -2.23. The number of nitrogens with zero attached hydrogens (tertiary/aromatic N) is 2. The summed E-state index contributed by atoms with van der Waals surface area (Å²) in [5.41, 5.74) is 2.12. The molecule has 5 rings (SSSR count). The lowest BCUT2D eigenvalue weighted by atomic mass is 10.2. The SMILES string of the molecule is O=c1c2ccccc2nc(/C=C/c2ccc(OCc3ccc(Cl)c(Cl)c3)cc2)n1-c1ccccc1F. The van der Waals surface area contributed by atoms with Crippen molar-refractivity contribution in [2.45, 2.75) is 6.61 Å². The minimum Gasteiger partial charge on any atom is -0.489 e. The van der Waals surface area contributed by atoms with Crippen LogP contribution in [-0.2, 0) is 6.61 Å². The maximum absolute atomic E-state index is 14.6. The van der Waals surface area contributed by atoms with Gasteiger partial charge in [-0.05, 0) is 65.7 Å². The van der Waals surface area contributed by atoms with E-state index in [4.69, 9.17) is 27.9 Å². The second-order valence-electron chi connectivity index (χ2n) is 8.02. The Balaban J connectivity index is 1.42. The van der Waals surface area contributed by atoms with E-state index < -0.39 is 5.82 Å². The Morgan fingerprint density at radius 1 is 0.861 bits per heavy atom. The molecule has 5 aromatic rings. The average Bonchev–Trinajstić information content (AvgIpc) is 2.89. The predicted octanol–water partition coefficient (Wildman–Crippen LogP) is 7.58. The number of benzene rings is 4. The smallest absolute Gasteiger partial charge is 0.266 e. The number of para-hydroxylation sites is 2. The fourth-order valence-corrected chi connectivity index (χ4v) is 4.09. The van der Waals surface area contributed by atoms with E-state index in [1.807, 2.05) is 42.5 Å². The zero-order valence-corrected chi connectivity index (χ0v) is 20.4. The molecule has 0 unspecified atom stereocenters. The van der Waals surface area contributed by atoms with Crippen molar-refractivity contribution in [1.82, 2.24) is 9.55 Å². The highest BCUT2D eigenvalue weighted by molar-refractivity contribution is 6.42. The van der Waals surface area contributed by atoms with Crippen molar-refractivity contribution in [3.63, 3.8) is 0 Å². The normalized spacial score (nSPS) is 11.3. The van der Waals surface area contributed by atoms with Crippen molar-refractivity contribution in [1.29, 1.82) is 0 Å². The topological polar surface area (TPSA) is 44.1 Å². The van der Waals surface area contributed by atoms with Crippen LogP contribution in [0.1, 0.15) is 17.0 Å². The van der Waals surface area contributed by atoms with Crippen LogP contribution in [0.15, 0.2) is 95.8 Å². The molecule has 0 spiro atoms. The van der Waals surface area contributed by atoms with E-state index in [0.717, 1.165) is 11.1 Å². The molecule has 0 fully saturated rings. The van der Waals surface area contributed by atoms with E-state index in [-0.39, 0.29) is 11.2 Å². The number of ether oxygens (including phenoxy) is 1. The summed E-state index contributed by atoms with van der Waals surface area (Å²) in [7, 11) is 0. The third-order valence-corrected chi connectivity index (χ3v) is 6.33. The third-order valence-electron chi connectivity index (χ3n) is 5.59. The number of rotatable bonds is 6. The van der Waals surface area contributed by atoms with Gasteiger partial charge >= 0.3 is 0 Å². The highest BCUT2D eigenvalue weighted by Crippen LogP contribution is 2.24. The molecule has 1 heterocycles. The van der Waals surface area contributed by atoms with Crippen molar-refractivity contribution < 1.29 is 9.13 Å². The van der Waals surface area contributed by atoms with Gasteiger partial charge in [0.15, 0.2) is 0 Å². The second-order valence-corrected chi connectivity index (χ2v) is 8.83. The molecule has 36 heavy (non-hydrogen) atoms. The van der Waals surface area contributed by atoms with E-state index in [9.17, 15) is 9.18 Å². The van der Waals surface area contributed by atoms with Crippen LogP contribution in [0.2, 0.25) is 10.0 Å². The number of hydrogen-bond donors (Lipinski definition) is 0. The minimum absolute atomic E-state index is 0.145. The van der Waals surface area contributed by atoms with Crippen LogP contribution in [0.25, 0.3) is 28.7 Å². The molecule has 0 amide bonds. The highest BCUT2D eigenvalue weighted by Gasteiger charge is 2.13. The van der Waals surface area contributed by atoms with Gasteiger partial charge < -0.3 is 4.74 Å². The van der Waals surface area contributed by atoms with Crippen LogP contribution >= 0.6 is 23.2 Å². The molecule has 1 aromatic heterocycles. The average molecular weight is 517 g/mol. The van der Waals surface area contributed by atoms with Crippen LogP contribution < -0.4 is 10.3 Å². The van der Waals surface area contributed by atoms with Gasteiger partial charge in [-0.15, -0.1) is 0 Å². The molecule has 0 radical (unpaired) electrons. The third kappa shape index (κ3) is 5.03. The summed E-state index contributed by atoms with van der Waals surface area (Å²) in [5, 5.41) is 1.40. The molecule has 0 aliphatic heterocycles. The standard InChI is InChI=1S/C29H19Cl2FN2O2/c30-23-15-11-20(17-24(23)31)18-36-21-13-9-19(10-14-21)12-16-28-33-26-7-3-1-5-22(26)29(35)34(28)27-8-4-2-6-25(27)32/h1-17H,18H2/b16-12+. The van der Waals surface area contributed by atoms with Gasteiger partial charge in [-0.3, -0.25) is 9.36 Å². The number of fused-ring (bicyclic) bond motifs is 1. The van der Waals surface area contributed by atoms with Gasteiger partial charge in [0, 0.05) is 0 Å². The van der Waals surface area contributed by atoms with Gasteiger partial charge in [0.05, 0.1) is 26.6 Å². The molecule has 0 atom stereocenters. The summed E-state index contributed by atoms with van der Waals surface area (Å²) >= 11 is 12.0. The summed E-state index contributed by atoms with van der Waals surface area (Å²) in [6, 6.07) is 26.0. The summed E-state index contributed by atoms with van der Waals surface area (Å²) in [6.45, 7) is 0.349. The first-order valence-corrected chi connectivity index (χ1v) is 11.9. The van der Waals surface area contributed by atoms with Crippen molar-refractivity contribution in [2.75, 3.05) is 0 Å². The molecule has 4 nitrogen and oxygen atoms in total. The van der Waals surface area contributed by atoms with Gasteiger partial charge in [-0.2, -0.15) is 0 Å². The van der Waals surface area contributed by atoms with E-state index in [1.165, 1.54) is 10.6 Å². The Hall–Kier alpha value is -3.93. The lowest BCUT2D eigenvalue weighted by Gasteiger charge is -2.12. The maximum Gasteiger partial charge on any atom is 0.266 e. The molecule has 0 bridgehead atoms. The van der Waals surface area contributed by atoms with Gasteiger partial charge in [-0.25, -0.2) is 9.37 Å². The molecular weight excluding hydrogens is 498 g/mol. The molecule has 0 aliphatic carbocycles. The van der Waals surface area contributed by atoms with Crippen LogP contribution in [0, 0.1) is 5.82 Å². The van der Waals surface area contributed by atoms with E-state index in [0.29, 0.717) is 39.1 Å². The maximum atomic E-state index is 14.6. The van der Waals surface area contributed by atoms with Gasteiger partial charge in [0.1, 0.15) is 24.0 Å². The fraction of sp³-hybridized carbons (Fsp3) is 0.0345. The number of halogens is 3. The summed E-state index contributed by atoms with van der Waals surface area (Å²) < 4.78 is 21.8. The quantitative estimate of drug-likeness (QED) is 0.233. The van der Waals surface area contributed by atoms with E-state index >= 15 is 0 Å². The second kappa shape index (κ2) is 10.4. The van der Waals surface area contributed by atoms with E-state index in [1.54, 1.807) is 54.6 Å². The number of hydrogen-bond acceptors (Lipinski definition) is 3. The molecular formula is C29H19Cl2FN2O2. The Labute approximate surface area is 216 Å². The zero-order chi connectivity index (χ0) is 25.1. The molecule has 0 aliphatic rings. The molecule has 4 aromatic carbocycles.